The van der Waals surface area contributed by atoms with E-state index < -0.39 is 6.10 Å². The van der Waals surface area contributed by atoms with Crippen LogP contribution in [0.2, 0.25) is 0 Å². The summed E-state index contributed by atoms with van der Waals surface area (Å²) in [4.78, 5) is 19.3. The summed E-state index contributed by atoms with van der Waals surface area (Å²) >= 11 is 1.38. The van der Waals surface area contributed by atoms with E-state index >= 15 is 0 Å². The lowest BCUT2D eigenvalue weighted by Crippen LogP contribution is -2.46. The number of aliphatic hydroxyl groups excluding tert-OH is 1. The minimum absolute atomic E-state index is 0.0211. The van der Waals surface area contributed by atoms with Crippen molar-refractivity contribution in [2.24, 2.45) is 0 Å². The first-order valence-corrected chi connectivity index (χ1v) is 9.08. The van der Waals surface area contributed by atoms with E-state index in [2.05, 4.69) is 20.3 Å². The maximum atomic E-state index is 12.2. The summed E-state index contributed by atoms with van der Waals surface area (Å²) in [7, 11) is 0. The number of carbonyl (C=O) groups excluding carboxylic acids is 1. The van der Waals surface area contributed by atoms with Gasteiger partial charge < -0.3 is 15.3 Å². The third kappa shape index (κ3) is 4.40. The number of nitrogens with zero attached hydrogens (tertiary/aromatic N) is 4. The molecule has 1 saturated heterocycles. The molecule has 3 heterocycles. The number of hydrogen-bond acceptors (Lipinski definition) is 6. The Kier molecular flexibility index (Phi) is 5.60. The van der Waals surface area contributed by atoms with Crippen molar-refractivity contribution in [1.82, 2.24) is 25.0 Å². The third-order valence-electron chi connectivity index (χ3n) is 4.30. The molecule has 8 heteroatoms. The largest absolute Gasteiger partial charge is 0.390 e. The Morgan fingerprint density at radius 3 is 2.88 bits per heavy atom. The number of rotatable bonds is 6. The molecule has 0 aromatic carbocycles. The fourth-order valence-corrected chi connectivity index (χ4v) is 3.72. The SMILES string of the molecule is Cc1ncsc1C(=O)NC1CCN(C[C@@H](O)Cn2cccn2)CC1. The van der Waals surface area contributed by atoms with Crippen LogP contribution >= 0.6 is 11.3 Å². The highest BCUT2D eigenvalue weighted by Crippen LogP contribution is 2.15. The second-order valence-electron chi connectivity index (χ2n) is 6.20. The smallest absolute Gasteiger partial charge is 0.263 e. The second kappa shape index (κ2) is 7.87. The van der Waals surface area contributed by atoms with Crippen molar-refractivity contribution in [3.05, 3.63) is 34.5 Å². The molecule has 0 saturated carbocycles. The van der Waals surface area contributed by atoms with Gasteiger partial charge in [0.05, 0.1) is 23.9 Å². The van der Waals surface area contributed by atoms with Crippen LogP contribution in [0.3, 0.4) is 0 Å². The monoisotopic (exact) mass is 349 g/mol. The molecule has 1 aliphatic heterocycles. The number of amides is 1. The highest BCUT2D eigenvalue weighted by atomic mass is 32.1. The van der Waals surface area contributed by atoms with E-state index in [0.29, 0.717) is 18.0 Å². The van der Waals surface area contributed by atoms with Crippen LogP contribution in [0.4, 0.5) is 0 Å². The Hall–Kier alpha value is -1.77. The quantitative estimate of drug-likeness (QED) is 0.810. The molecule has 2 N–H and O–H groups in total. The molecule has 0 unspecified atom stereocenters. The molecule has 1 aliphatic rings. The fraction of sp³-hybridized carbons (Fsp3) is 0.562. The summed E-state index contributed by atoms with van der Waals surface area (Å²) in [5.41, 5.74) is 2.49. The average molecular weight is 349 g/mol. The van der Waals surface area contributed by atoms with Crippen molar-refractivity contribution < 1.29 is 9.90 Å². The molecule has 2 aromatic rings. The van der Waals surface area contributed by atoms with Gasteiger partial charge in [-0.15, -0.1) is 11.3 Å². The Balaban J connectivity index is 1.41. The number of aromatic nitrogens is 3. The average Bonchev–Trinajstić information content (AvgIpc) is 3.20. The molecule has 1 atom stereocenters. The van der Waals surface area contributed by atoms with Gasteiger partial charge in [0.15, 0.2) is 0 Å². The zero-order valence-corrected chi connectivity index (χ0v) is 14.6. The Morgan fingerprint density at radius 1 is 1.46 bits per heavy atom. The van der Waals surface area contributed by atoms with E-state index in [0.717, 1.165) is 31.6 Å². The first kappa shape index (κ1) is 17.1. The standard InChI is InChI=1S/C16H23N5O2S/c1-12-15(24-11-17-12)16(23)19-13-3-7-20(8-4-13)9-14(22)10-21-6-2-5-18-21/h2,5-6,11,13-14,22H,3-4,7-10H2,1H3,(H,19,23)/t14-/m1/s1. The number of aliphatic hydroxyl groups is 1. The van der Waals surface area contributed by atoms with E-state index in [9.17, 15) is 9.90 Å². The van der Waals surface area contributed by atoms with Crippen LogP contribution in [0.1, 0.15) is 28.2 Å². The lowest BCUT2D eigenvalue weighted by atomic mass is 10.0. The molecule has 1 fully saturated rings. The van der Waals surface area contributed by atoms with Gasteiger partial charge in [-0.3, -0.25) is 9.48 Å². The molecule has 0 radical (unpaired) electrons. The molecule has 0 spiro atoms. The maximum Gasteiger partial charge on any atom is 0.263 e. The third-order valence-corrected chi connectivity index (χ3v) is 5.23. The Bertz CT molecular complexity index is 649. The van der Waals surface area contributed by atoms with Gasteiger partial charge in [0.2, 0.25) is 0 Å². The van der Waals surface area contributed by atoms with Gasteiger partial charge in [-0.1, -0.05) is 0 Å². The number of piperidine rings is 1. The van der Waals surface area contributed by atoms with E-state index in [1.807, 2.05) is 19.2 Å². The number of carbonyl (C=O) groups is 1. The summed E-state index contributed by atoms with van der Waals surface area (Å²) in [5.74, 6) is -0.0211. The van der Waals surface area contributed by atoms with Crippen LogP contribution in [0.5, 0.6) is 0 Å². The minimum Gasteiger partial charge on any atom is -0.390 e. The van der Waals surface area contributed by atoms with Crippen molar-refractivity contribution in [1.29, 1.82) is 0 Å². The number of nitrogens with one attached hydrogen (secondary N) is 1. The molecule has 3 rings (SSSR count). The van der Waals surface area contributed by atoms with Crippen molar-refractivity contribution in [2.75, 3.05) is 19.6 Å². The van der Waals surface area contributed by atoms with Crippen molar-refractivity contribution in [3.63, 3.8) is 0 Å². The van der Waals surface area contributed by atoms with Crippen LogP contribution in [0.15, 0.2) is 24.0 Å². The highest BCUT2D eigenvalue weighted by Gasteiger charge is 2.23. The number of β-amino-alcohol motifs (C(OH)–C–C–N with tert-alkyl or cyclic N) is 1. The summed E-state index contributed by atoms with van der Waals surface area (Å²) in [6.07, 6.45) is 4.93. The normalized spacial score (nSPS) is 17.8. The van der Waals surface area contributed by atoms with Gasteiger partial charge in [-0.05, 0) is 25.8 Å². The molecule has 2 aromatic heterocycles. The van der Waals surface area contributed by atoms with Crippen molar-refractivity contribution >= 4 is 17.2 Å². The first-order chi connectivity index (χ1) is 11.6. The van der Waals surface area contributed by atoms with Crippen LogP contribution in [-0.4, -0.2) is 62.5 Å². The number of hydrogen-bond donors (Lipinski definition) is 2. The number of thiazole rings is 1. The molecular weight excluding hydrogens is 326 g/mol. The van der Waals surface area contributed by atoms with Gasteiger partial charge >= 0.3 is 0 Å². The Morgan fingerprint density at radius 2 is 2.25 bits per heavy atom. The van der Waals surface area contributed by atoms with Crippen LogP contribution in [0, 0.1) is 6.92 Å². The van der Waals surface area contributed by atoms with Crippen molar-refractivity contribution in [2.45, 2.75) is 38.5 Å². The summed E-state index contributed by atoms with van der Waals surface area (Å²) < 4.78 is 1.75. The van der Waals surface area contributed by atoms with E-state index in [-0.39, 0.29) is 11.9 Å². The van der Waals surface area contributed by atoms with Gasteiger partial charge in [0, 0.05) is 38.1 Å². The number of aryl methyl sites for hydroxylation is 1. The van der Waals surface area contributed by atoms with E-state index in [1.54, 1.807) is 16.4 Å². The molecule has 130 valence electrons. The van der Waals surface area contributed by atoms with E-state index in [4.69, 9.17) is 0 Å². The molecule has 0 bridgehead atoms. The Labute approximate surface area is 145 Å². The van der Waals surface area contributed by atoms with Gasteiger partial charge in [-0.25, -0.2) is 4.98 Å². The van der Waals surface area contributed by atoms with Crippen molar-refractivity contribution in [3.8, 4) is 0 Å². The molecular formula is C16H23N5O2S. The minimum atomic E-state index is -0.434. The summed E-state index contributed by atoms with van der Waals surface area (Å²) in [6, 6.07) is 2.05. The van der Waals surface area contributed by atoms with Gasteiger partial charge in [0.25, 0.3) is 5.91 Å². The second-order valence-corrected chi connectivity index (χ2v) is 7.05. The summed E-state index contributed by atoms with van der Waals surface area (Å²) in [6.45, 7) is 4.75. The van der Waals surface area contributed by atoms with E-state index in [1.165, 1.54) is 11.3 Å². The predicted octanol–water partition coefficient (Wildman–Crippen LogP) is 0.903. The molecule has 1 amide bonds. The topological polar surface area (TPSA) is 83.3 Å². The summed E-state index contributed by atoms with van der Waals surface area (Å²) in [5, 5.41) is 17.4. The van der Waals surface area contributed by atoms with Gasteiger partial charge in [-0.2, -0.15) is 5.10 Å². The van der Waals surface area contributed by atoms with Crippen LogP contribution < -0.4 is 5.32 Å². The first-order valence-electron chi connectivity index (χ1n) is 8.20. The van der Waals surface area contributed by atoms with Crippen LogP contribution in [0.25, 0.3) is 0 Å². The predicted molar refractivity (Wildman–Crippen MR) is 92.0 cm³/mol. The van der Waals surface area contributed by atoms with Gasteiger partial charge in [0.1, 0.15) is 4.88 Å². The lowest BCUT2D eigenvalue weighted by Gasteiger charge is -2.33. The van der Waals surface area contributed by atoms with Crippen LogP contribution in [-0.2, 0) is 6.54 Å². The highest BCUT2D eigenvalue weighted by molar-refractivity contribution is 7.11. The maximum absolute atomic E-state index is 12.2. The number of likely N-dealkylation sites (tertiary alicyclic amines) is 1. The zero-order valence-electron chi connectivity index (χ0n) is 13.8. The molecule has 7 nitrogen and oxygen atoms in total. The lowest BCUT2D eigenvalue weighted by molar-refractivity contribution is 0.0751. The molecule has 24 heavy (non-hydrogen) atoms. The zero-order chi connectivity index (χ0) is 16.9. The fourth-order valence-electron chi connectivity index (χ4n) is 3.01. The molecule has 0 aliphatic carbocycles.